The molecule has 0 saturated carbocycles. The highest BCUT2D eigenvalue weighted by atomic mass is 16.5. The topological polar surface area (TPSA) is 84.5 Å². The number of para-hydroxylation sites is 1. The van der Waals surface area contributed by atoms with Crippen LogP contribution in [0.1, 0.15) is 70.8 Å². The van der Waals surface area contributed by atoms with Crippen LogP contribution >= 0.6 is 0 Å². The number of benzene rings is 1. The van der Waals surface area contributed by atoms with Crippen LogP contribution in [-0.2, 0) is 19.1 Å². The number of carbonyl (C=O) groups is 3. The van der Waals surface area contributed by atoms with E-state index >= 15 is 0 Å². The van der Waals surface area contributed by atoms with Gasteiger partial charge in [0.15, 0.2) is 0 Å². The van der Waals surface area contributed by atoms with Gasteiger partial charge in [-0.25, -0.2) is 4.79 Å². The van der Waals surface area contributed by atoms with Crippen LogP contribution in [0.3, 0.4) is 0 Å². The van der Waals surface area contributed by atoms with Gasteiger partial charge in [-0.2, -0.15) is 0 Å². The van der Waals surface area contributed by atoms with Crippen molar-refractivity contribution < 1.29 is 19.1 Å². The van der Waals surface area contributed by atoms with Crippen LogP contribution in [0.4, 0.5) is 5.69 Å². The molecular formula is C21H30N2O4. The van der Waals surface area contributed by atoms with Crippen molar-refractivity contribution in [2.75, 3.05) is 11.9 Å². The zero-order chi connectivity index (χ0) is 19.9. The second kappa shape index (κ2) is 9.53. The van der Waals surface area contributed by atoms with Gasteiger partial charge >= 0.3 is 5.97 Å². The van der Waals surface area contributed by atoms with Crippen molar-refractivity contribution >= 4 is 23.5 Å². The molecule has 1 aromatic carbocycles. The molecular weight excluding hydrogens is 344 g/mol. The molecule has 1 heterocycles. The van der Waals surface area contributed by atoms with Crippen molar-refractivity contribution in [3.63, 3.8) is 0 Å². The average molecular weight is 374 g/mol. The van der Waals surface area contributed by atoms with Crippen molar-refractivity contribution in [2.45, 2.75) is 70.8 Å². The average Bonchev–Trinajstić information content (AvgIpc) is 2.64. The van der Waals surface area contributed by atoms with E-state index in [4.69, 9.17) is 4.74 Å². The maximum absolute atomic E-state index is 13.0. The summed E-state index contributed by atoms with van der Waals surface area (Å²) in [7, 11) is 0. The number of hydrogen-bond acceptors (Lipinski definition) is 4. The van der Waals surface area contributed by atoms with E-state index in [1.807, 2.05) is 18.2 Å². The SMILES string of the molecule is CCCCCCC(C)(NC(=O)C1CC(=O)Nc2ccccc21)C(=O)OCC. The first-order valence-electron chi connectivity index (χ1n) is 9.79. The zero-order valence-corrected chi connectivity index (χ0v) is 16.5. The predicted molar refractivity (Wildman–Crippen MR) is 104 cm³/mol. The van der Waals surface area contributed by atoms with Crippen molar-refractivity contribution in [1.29, 1.82) is 0 Å². The van der Waals surface area contributed by atoms with Crippen molar-refractivity contribution in [3.05, 3.63) is 29.8 Å². The highest BCUT2D eigenvalue weighted by molar-refractivity contribution is 6.02. The lowest BCUT2D eigenvalue weighted by atomic mass is 9.87. The van der Waals surface area contributed by atoms with Crippen LogP contribution in [0.15, 0.2) is 24.3 Å². The Labute approximate surface area is 161 Å². The van der Waals surface area contributed by atoms with Crippen molar-refractivity contribution in [3.8, 4) is 0 Å². The molecule has 0 fully saturated rings. The Hall–Kier alpha value is -2.37. The van der Waals surface area contributed by atoms with Gasteiger partial charge < -0.3 is 15.4 Å². The fraction of sp³-hybridized carbons (Fsp3) is 0.571. The number of nitrogens with one attached hydrogen (secondary N) is 2. The van der Waals surface area contributed by atoms with Gasteiger partial charge in [-0.15, -0.1) is 0 Å². The Morgan fingerprint density at radius 3 is 2.67 bits per heavy atom. The van der Waals surface area contributed by atoms with Gasteiger partial charge in [0.25, 0.3) is 0 Å². The van der Waals surface area contributed by atoms with Crippen molar-refractivity contribution in [1.82, 2.24) is 5.32 Å². The van der Waals surface area contributed by atoms with E-state index in [9.17, 15) is 14.4 Å². The molecule has 1 aromatic rings. The molecule has 0 aromatic heterocycles. The normalized spacial score (nSPS) is 18.0. The summed E-state index contributed by atoms with van der Waals surface area (Å²) in [5.74, 6) is -1.55. The maximum atomic E-state index is 13.0. The minimum absolute atomic E-state index is 0.0671. The van der Waals surface area contributed by atoms with Gasteiger partial charge in [0.1, 0.15) is 5.54 Å². The second-order valence-electron chi connectivity index (χ2n) is 7.24. The number of anilines is 1. The van der Waals surface area contributed by atoms with Crippen LogP contribution < -0.4 is 10.6 Å². The minimum Gasteiger partial charge on any atom is -0.464 e. The van der Waals surface area contributed by atoms with Crippen LogP contribution in [0, 0.1) is 0 Å². The van der Waals surface area contributed by atoms with Gasteiger partial charge in [0.05, 0.1) is 12.5 Å². The Bertz CT molecular complexity index is 689. The zero-order valence-electron chi connectivity index (χ0n) is 16.5. The molecule has 0 bridgehead atoms. The molecule has 2 atom stereocenters. The third-order valence-corrected chi connectivity index (χ3v) is 4.97. The molecule has 2 rings (SSSR count). The highest BCUT2D eigenvalue weighted by Gasteiger charge is 2.39. The van der Waals surface area contributed by atoms with Gasteiger partial charge in [-0.1, -0.05) is 50.8 Å². The number of fused-ring (bicyclic) bond motifs is 1. The summed E-state index contributed by atoms with van der Waals surface area (Å²) in [4.78, 5) is 37.6. The summed E-state index contributed by atoms with van der Waals surface area (Å²) in [5, 5.41) is 5.68. The number of unbranched alkanes of at least 4 members (excludes halogenated alkanes) is 3. The van der Waals surface area contributed by atoms with Gasteiger partial charge in [0.2, 0.25) is 11.8 Å². The molecule has 148 valence electrons. The first-order chi connectivity index (χ1) is 12.9. The fourth-order valence-corrected chi connectivity index (χ4v) is 3.42. The molecule has 27 heavy (non-hydrogen) atoms. The fourth-order valence-electron chi connectivity index (χ4n) is 3.42. The lowest BCUT2D eigenvalue weighted by Crippen LogP contribution is -2.54. The van der Waals surface area contributed by atoms with Gasteiger partial charge in [0, 0.05) is 12.1 Å². The smallest absolute Gasteiger partial charge is 0.331 e. The first-order valence-corrected chi connectivity index (χ1v) is 9.79. The molecule has 2 amide bonds. The maximum Gasteiger partial charge on any atom is 0.331 e. The third kappa shape index (κ3) is 5.31. The highest BCUT2D eigenvalue weighted by Crippen LogP contribution is 2.33. The van der Waals surface area contributed by atoms with Crippen LogP contribution in [-0.4, -0.2) is 29.9 Å². The molecule has 1 aliphatic heterocycles. The number of hydrogen-bond donors (Lipinski definition) is 2. The lowest BCUT2D eigenvalue weighted by molar-refractivity contribution is -0.153. The summed E-state index contributed by atoms with van der Waals surface area (Å²) in [6, 6.07) is 7.27. The Kier molecular flexibility index (Phi) is 7.39. The lowest BCUT2D eigenvalue weighted by Gasteiger charge is -2.32. The Balaban J connectivity index is 2.17. The van der Waals surface area contributed by atoms with Crippen LogP contribution in [0.2, 0.25) is 0 Å². The van der Waals surface area contributed by atoms with E-state index in [0.717, 1.165) is 31.2 Å². The first kappa shape index (κ1) is 20.9. The van der Waals surface area contributed by atoms with E-state index in [0.29, 0.717) is 12.1 Å². The summed E-state index contributed by atoms with van der Waals surface area (Å²) in [6.45, 7) is 5.84. The summed E-state index contributed by atoms with van der Waals surface area (Å²) in [5.41, 5.74) is 0.324. The number of ether oxygens (including phenoxy) is 1. The summed E-state index contributed by atoms with van der Waals surface area (Å²) < 4.78 is 5.21. The second-order valence-corrected chi connectivity index (χ2v) is 7.24. The predicted octanol–water partition coefficient (Wildman–Crippen LogP) is 3.52. The standard InChI is InChI=1S/C21H30N2O4/c1-4-6-7-10-13-21(3,20(26)27-5-2)23-19(25)16-14-18(24)22-17-12-9-8-11-15(16)17/h8-9,11-12,16H,4-7,10,13-14H2,1-3H3,(H,22,24)(H,23,25). The molecule has 2 unspecified atom stereocenters. The van der Waals surface area contributed by atoms with E-state index in [2.05, 4.69) is 17.6 Å². The van der Waals surface area contributed by atoms with Crippen LogP contribution in [0.25, 0.3) is 0 Å². The molecule has 1 aliphatic rings. The van der Waals surface area contributed by atoms with Crippen molar-refractivity contribution in [2.24, 2.45) is 0 Å². The quantitative estimate of drug-likeness (QED) is 0.512. The molecule has 0 radical (unpaired) electrons. The van der Waals surface area contributed by atoms with E-state index < -0.39 is 17.4 Å². The Morgan fingerprint density at radius 2 is 1.96 bits per heavy atom. The van der Waals surface area contributed by atoms with Gasteiger partial charge in [-0.3, -0.25) is 9.59 Å². The molecule has 2 N–H and O–H groups in total. The van der Waals surface area contributed by atoms with Crippen LogP contribution in [0.5, 0.6) is 0 Å². The third-order valence-electron chi connectivity index (χ3n) is 4.97. The van der Waals surface area contributed by atoms with Gasteiger partial charge in [-0.05, 0) is 31.9 Å². The monoisotopic (exact) mass is 374 g/mol. The molecule has 6 heteroatoms. The van der Waals surface area contributed by atoms with E-state index in [-0.39, 0.29) is 24.8 Å². The largest absolute Gasteiger partial charge is 0.464 e. The number of amides is 2. The molecule has 6 nitrogen and oxygen atoms in total. The van der Waals surface area contributed by atoms with E-state index in [1.54, 1.807) is 19.9 Å². The number of rotatable bonds is 9. The summed E-state index contributed by atoms with van der Waals surface area (Å²) >= 11 is 0. The molecule has 0 aliphatic carbocycles. The molecule has 0 saturated heterocycles. The summed E-state index contributed by atoms with van der Waals surface area (Å²) in [6.07, 6.45) is 4.58. The number of carbonyl (C=O) groups excluding carboxylic acids is 3. The number of esters is 1. The minimum atomic E-state index is -1.09. The molecule has 0 spiro atoms. The van der Waals surface area contributed by atoms with E-state index in [1.165, 1.54) is 0 Å². The Morgan fingerprint density at radius 1 is 1.22 bits per heavy atom.